The highest BCUT2D eigenvalue weighted by Crippen LogP contribution is 2.39. The summed E-state index contributed by atoms with van der Waals surface area (Å²) >= 11 is 12.4. The fourth-order valence-corrected chi connectivity index (χ4v) is 3.31. The molecule has 0 saturated heterocycles. The van der Waals surface area contributed by atoms with E-state index < -0.39 is 5.41 Å². The quantitative estimate of drug-likeness (QED) is 0.743. The second kappa shape index (κ2) is 6.45. The van der Waals surface area contributed by atoms with Gasteiger partial charge >= 0.3 is 0 Å². The van der Waals surface area contributed by atoms with Crippen LogP contribution < -0.4 is 0 Å². The lowest BCUT2D eigenvalue weighted by atomic mass is 9.72. The number of nitrogens with one attached hydrogen (secondary N) is 1. The summed E-state index contributed by atoms with van der Waals surface area (Å²) in [5.74, 6) is 0. The Morgan fingerprint density at radius 1 is 1.13 bits per heavy atom. The number of nitrogens with zero attached hydrogens (tertiary/aromatic N) is 2. The number of nitriles is 1. The molecular formula is C18H13Cl2N3. The summed E-state index contributed by atoms with van der Waals surface area (Å²) in [5.41, 5.74) is 1.55. The Balaban J connectivity index is 2.22. The Labute approximate surface area is 144 Å². The standard InChI is InChI=1S/C18H13Cl2N3/c19-14-6-7-16(17(20)8-14)18(11-21,9-15-10-22-12-23-15)13-4-2-1-3-5-13/h1-8,10,12H,9H2,(H,22,23). The van der Waals surface area contributed by atoms with Gasteiger partial charge < -0.3 is 4.98 Å². The van der Waals surface area contributed by atoms with Crippen LogP contribution in [0.4, 0.5) is 0 Å². The molecule has 0 aliphatic heterocycles. The first-order chi connectivity index (χ1) is 11.2. The number of aromatic amines is 1. The van der Waals surface area contributed by atoms with Crippen molar-refractivity contribution in [2.24, 2.45) is 0 Å². The van der Waals surface area contributed by atoms with Crippen molar-refractivity contribution in [3.05, 3.63) is 87.9 Å². The Kier molecular flexibility index (Phi) is 4.38. The zero-order valence-electron chi connectivity index (χ0n) is 12.1. The van der Waals surface area contributed by atoms with Crippen molar-refractivity contribution >= 4 is 23.2 Å². The molecule has 1 heterocycles. The van der Waals surface area contributed by atoms with E-state index in [1.165, 1.54) is 0 Å². The maximum atomic E-state index is 10.1. The van der Waals surface area contributed by atoms with E-state index in [0.717, 1.165) is 16.8 Å². The summed E-state index contributed by atoms with van der Waals surface area (Å²) in [6, 6.07) is 17.3. The second-order valence-corrected chi connectivity index (χ2v) is 6.10. The molecule has 23 heavy (non-hydrogen) atoms. The number of aromatic nitrogens is 2. The van der Waals surface area contributed by atoms with Gasteiger partial charge in [-0.25, -0.2) is 4.98 Å². The molecule has 1 aromatic heterocycles. The van der Waals surface area contributed by atoms with Gasteiger partial charge in [0, 0.05) is 28.4 Å². The van der Waals surface area contributed by atoms with Gasteiger partial charge in [0.2, 0.25) is 0 Å². The number of halogens is 2. The molecule has 0 aliphatic rings. The van der Waals surface area contributed by atoms with Crippen molar-refractivity contribution < 1.29 is 0 Å². The summed E-state index contributed by atoms with van der Waals surface area (Å²) in [5, 5.41) is 11.1. The van der Waals surface area contributed by atoms with Crippen molar-refractivity contribution in [3.63, 3.8) is 0 Å². The molecule has 5 heteroatoms. The molecule has 0 bridgehead atoms. The molecule has 1 unspecified atom stereocenters. The first kappa shape index (κ1) is 15.6. The maximum Gasteiger partial charge on any atom is 0.114 e. The summed E-state index contributed by atoms with van der Waals surface area (Å²) in [6.07, 6.45) is 3.76. The molecule has 0 amide bonds. The Morgan fingerprint density at radius 3 is 2.52 bits per heavy atom. The fourth-order valence-electron chi connectivity index (χ4n) is 2.74. The molecular weight excluding hydrogens is 329 g/mol. The summed E-state index contributed by atoms with van der Waals surface area (Å²) in [7, 11) is 0. The van der Waals surface area contributed by atoms with Gasteiger partial charge in [-0.15, -0.1) is 0 Å². The lowest BCUT2D eigenvalue weighted by Crippen LogP contribution is -2.29. The molecule has 0 spiro atoms. The Bertz CT molecular complexity index is 838. The topological polar surface area (TPSA) is 52.5 Å². The summed E-state index contributed by atoms with van der Waals surface area (Å²) in [4.78, 5) is 7.11. The third-order valence-corrected chi connectivity index (χ3v) is 4.41. The van der Waals surface area contributed by atoms with Crippen LogP contribution in [0.5, 0.6) is 0 Å². The van der Waals surface area contributed by atoms with E-state index in [4.69, 9.17) is 23.2 Å². The molecule has 1 atom stereocenters. The van der Waals surface area contributed by atoms with Crippen LogP contribution in [-0.2, 0) is 11.8 Å². The van der Waals surface area contributed by atoms with Gasteiger partial charge in [-0.2, -0.15) is 5.26 Å². The van der Waals surface area contributed by atoms with Crippen molar-refractivity contribution in [1.29, 1.82) is 5.26 Å². The van der Waals surface area contributed by atoms with Crippen LogP contribution in [0.3, 0.4) is 0 Å². The monoisotopic (exact) mass is 341 g/mol. The van der Waals surface area contributed by atoms with Gasteiger partial charge in [0.05, 0.1) is 12.4 Å². The van der Waals surface area contributed by atoms with E-state index in [2.05, 4.69) is 16.0 Å². The maximum absolute atomic E-state index is 10.1. The molecule has 1 N–H and O–H groups in total. The zero-order valence-corrected chi connectivity index (χ0v) is 13.6. The number of rotatable bonds is 4. The zero-order chi connectivity index (χ0) is 16.3. The van der Waals surface area contributed by atoms with Crippen molar-refractivity contribution in [2.45, 2.75) is 11.8 Å². The molecule has 0 radical (unpaired) electrons. The predicted molar refractivity (Wildman–Crippen MR) is 91.6 cm³/mol. The Hall–Kier alpha value is -2.28. The van der Waals surface area contributed by atoms with Crippen LogP contribution in [0.15, 0.2) is 61.1 Å². The van der Waals surface area contributed by atoms with Gasteiger partial charge in [0.15, 0.2) is 0 Å². The van der Waals surface area contributed by atoms with E-state index in [1.807, 2.05) is 36.4 Å². The highest BCUT2D eigenvalue weighted by Gasteiger charge is 2.37. The van der Waals surface area contributed by atoms with Gasteiger partial charge in [0.1, 0.15) is 5.41 Å². The van der Waals surface area contributed by atoms with E-state index in [1.54, 1.807) is 24.7 Å². The first-order valence-electron chi connectivity index (χ1n) is 7.05. The van der Waals surface area contributed by atoms with Crippen LogP contribution in [0.25, 0.3) is 0 Å². The minimum Gasteiger partial charge on any atom is -0.348 e. The van der Waals surface area contributed by atoms with Crippen molar-refractivity contribution in [3.8, 4) is 6.07 Å². The average Bonchev–Trinajstić information content (AvgIpc) is 3.07. The minimum absolute atomic E-state index is 0.439. The van der Waals surface area contributed by atoms with Gasteiger partial charge in [-0.05, 0) is 23.3 Å². The summed E-state index contributed by atoms with van der Waals surface area (Å²) < 4.78 is 0. The smallest absolute Gasteiger partial charge is 0.114 e. The lowest BCUT2D eigenvalue weighted by molar-refractivity contribution is 0.643. The fraction of sp³-hybridized carbons (Fsp3) is 0.111. The number of hydrogen-bond acceptors (Lipinski definition) is 2. The number of H-pyrrole nitrogens is 1. The van der Waals surface area contributed by atoms with Crippen molar-refractivity contribution in [1.82, 2.24) is 9.97 Å². The normalized spacial score (nSPS) is 13.3. The average molecular weight is 342 g/mol. The van der Waals surface area contributed by atoms with Crippen LogP contribution in [0.1, 0.15) is 16.8 Å². The third kappa shape index (κ3) is 2.96. The van der Waals surface area contributed by atoms with Gasteiger partial charge in [-0.1, -0.05) is 59.6 Å². The highest BCUT2D eigenvalue weighted by atomic mass is 35.5. The van der Waals surface area contributed by atoms with Crippen LogP contribution in [0.2, 0.25) is 10.0 Å². The van der Waals surface area contributed by atoms with Crippen molar-refractivity contribution in [2.75, 3.05) is 0 Å². The molecule has 2 aromatic carbocycles. The Morgan fingerprint density at radius 2 is 1.91 bits per heavy atom. The van der Waals surface area contributed by atoms with E-state index in [-0.39, 0.29) is 0 Å². The van der Waals surface area contributed by atoms with Gasteiger partial charge in [0.25, 0.3) is 0 Å². The molecule has 3 nitrogen and oxygen atoms in total. The van der Waals surface area contributed by atoms with E-state index in [0.29, 0.717) is 16.5 Å². The third-order valence-electron chi connectivity index (χ3n) is 3.86. The van der Waals surface area contributed by atoms with E-state index in [9.17, 15) is 5.26 Å². The first-order valence-corrected chi connectivity index (χ1v) is 7.81. The SMILES string of the molecule is N#CC(Cc1cnc[nH]1)(c1ccccc1)c1ccc(Cl)cc1Cl. The lowest BCUT2D eigenvalue weighted by Gasteiger charge is -2.28. The summed E-state index contributed by atoms with van der Waals surface area (Å²) in [6.45, 7) is 0. The molecule has 3 aromatic rings. The van der Waals surface area contributed by atoms with Crippen LogP contribution >= 0.6 is 23.2 Å². The minimum atomic E-state index is -0.921. The van der Waals surface area contributed by atoms with Crippen LogP contribution in [0, 0.1) is 11.3 Å². The van der Waals surface area contributed by atoms with E-state index >= 15 is 0 Å². The predicted octanol–water partition coefficient (Wildman–Crippen LogP) is 4.77. The largest absolute Gasteiger partial charge is 0.348 e. The van der Waals surface area contributed by atoms with Gasteiger partial charge in [-0.3, -0.25) is 0 Å². The molecule has 0 saturated carbocycles. The number of imidazole rings is 1. The second-order valence-electron chi connectivity index (χ2n) is 5.26. The molecule has 114 valence electrons. The number of hydrogen-bond donors (Lipinski definition) is 1. The molecule has 0 fully saturated rings. The highest BCUT2D eigenvalue weighted by molar-refractivity contribution is 6.35. The molecule has 3 rings (SSSR count). The number of benzene rings is 2. The van der Waals surface area contributed by atoms with Crippen LogP contribution in [-0.4, -0.2) is 9.97 Å². The molecule has 0 aliphatic carbocycles.